The first-order chi connectivity index (χ1) is 9.67. The number of nitrogens with zero attached hydrogens (tertiary/aromatic N) is 3. The Morgan fingerprint density at radius 1 is 1.45 bits per heavy atom. The molecule has 0 aliphatic carbocycles. The van der Waals surface area contributed by atoms with Gasteiger partial charge >= 0.3 is 0 Å². The molecular formula is C15H24N4O. The highest BCUT2D eigenvalue weighted by molar-refractivity contribution is 5.95. The third kappa shape index (κ3) is 3.15. The number of nitrogens with one attached hydrogen (secondary N) is 1. The van der Waals surface area contributed by atoms with Crippen LogP contribution in [0.2, 0.25) is 0 Å². The van der Waals surface area contributed by atoms with Gasteiger partial charge in [-0.1, -0.05) is 6.92 Å². The number of aryl methyl sites for hydroxylation is 2. The second kappa shape index (κ2) is 6.79. The van der Waals surface area contributed by atoms with Gasteiger partial charge in [0.25, 0.3) is 5.91 Å². The van der Waals surface area contributed by atoms with Crippen LogP contribution in [0.1, 0.15) is 47.9 Å². The zero-order chi connectivity index (χ0) is 14.5. The van der Waals surface area contributed by atoms with Gasteiger partial charge in [0.05, 0.1) is 17.0 Å². The quantitative estimate of drug-likeness (QED) is 0.906. The lowest BCUT2D eigenvalue weighted by atomic mass is 10.00. The second-order valence-corrected chi connectivity index (χ2v) is 5.41. The maximum atomic E-state index is 12.8. The fraction of sp³-hybridized carbons (Fsp3) is 0.667. The van der Waals surface area contributed by atoms with Crippen LogP contribution in [0, 0.1) is 6.92 Å². The Hall–Kier alpha value is -1.49. The van der Waals surface area contributed by atoms with E-state index in [1.165, 1.54) is 6.42 Å². The Bertz CT molecular complexity index is 473. The maximum Gasteiger partial charge on any atom is 0.256 e. The molecule has 1 N–H and O–H groups in total. The summed E-state index contributed by atoms with van der Waals surface area (Å²) in [5, 5.41) is 11.4. The number of carbonyl (C=O) groups is 1. The van der Waals surface area contributed by atoms with Gasteiger partial charge in [-0.2, -0.15) is 10.2 Å². The number of hydrogen-bond acceptors (Lipinski definition) is 4. The van der Waals surface area contributed by atoms with Crippen LogP contribution in [-0.2, 0) is 6.42 Å². The number of aromatic nitrogens is 2. The molecule has 110 valence electrons. The molecular weight excluding hydrogens is 252 g/mol. The van der Waals surface area contributed by atoms with Crippen molar-refractivity contribution in [3.63, 3.8) is 0 Å². The monoisotopic (exact) mass is 276 g/mol. The molecule has 1 aliphatic rings. The van der Waals surface area contributed by atoms with E-state index in [-0.39, 0.29) is 5.91 Å². The topological polar surface area (TPSA) is 58.1 Å². The Morgan fingerprint density at radius 2 is 2.25 bits per heavy atom. The van der Waals surface area contributed by atoms with Crippen molar-refractivity contribution in [2.75, 3.05) is 20.1 Å². The summed E-state index contributed by atoms with van der Waals surface area (Å²) in [6, 6.07) is 2.17. The van der Waals surface area contributed by atoms with Crippen molar-refractivity contribution in [3.8, 4) is 0 Å². The third-order valence-corrected chi connectivity index (χ3v) is 3.89. The molecule has 1 fully saturated rings. The number of likely N-dealkylation sites (tertiary alicyclic amines) is 1. The Balaban J connectivity index is 2.26. The molecule has 0 aromatic carbocycles. The number of amides is 1. The van der Waals surface area contributed by atoms with E-state index in [0.29, 0.717) is 6.04 Å². The summed E-state index contributed by atoms with van der Waals surface area (Å²) in [5.74, 6) is 0.111. The van der Waals surface area contributed by atoms with E-state index in [9.17, 15) is 4.79 Å². The first-order valence-corrected chi connectivity index (χ1v) is 7.46. The van der Waals surface area contributed by atoms with Gasteiger partial charge in [0.1, 0.15) is 0 Å². The SMILES string of the molecule is CCc1nnc(C)cc1C(=O)N1CCCCC1CNC. The summed E-state index contributed by atoms with van der Waals surface area (Å²) in [4.78, 5) is 14.9. The molecule has 5 nitrogen and oxygen atoms in total. The molecule has 20 heavy (non-hydrogen) atoms. The predicted octanol–water partition coefficient (Wildman–Crippen LogP) is 1.56. The summed E-state index contributed by atoms with van der Waals surface area (Å²) in [7, 11) is 1.94. The maximum absolute atomic E-state index is 12.8. The van der Waals surface area contributed by atoms with Gasteiger partial charge < -0.3 is 10.2 Å². The highest BCUT2D eigenvalue weighted by Crippen LogP contribution is 2.20. The van der Waals surface area contributed by atoms with Crippen molar-refractivity contribution in [3.05, 3.63) is 23.0 Å². The number of carbonyl (C=O) groups excluding carboxylic acids is 1. The lowest BCUT2D eigenvalue weighted by Crippen LogP contribution is -2.48. The molecule has 1 unspecified atom stereocenters. The first-order valence-electron chi connectivity index (χ1n) is 7.46. The molecule has 1 atom stereocenters. The molecule has 0 saturated carbocycles. The minimum Gasteiger partial charge on any atom is -0.334 e. The third-order valence-electron chi connectivity index (χ3n) is 3.89. The fourth-order valence-electron chi connectivity index (χ4n) is 2.83. The van der Waals surface area contributed by atoms with Crippen LogP contribution in [0.4, 0.5) is 0 Å². The Kier molecular flexibility index (Phi) is 5.06. The van der Waals surface area contributed by atoms with Crippen LogP contribution < -0.4 is 5.32 Å². The summed E-state index contributed by atoms with van der Waals surface area (Å²) in [6.45, 7) is 5.59. The van der Waals surface area contributed by atoms with E-state index in [1.54, 1.807) is 0 Å². The molecule has 0 spiro atoms. The van der Waals surface area contributed by atoms with E-state index in [0.717, 1.165) is 49.3 Å². The smallest absolute Gasteiger partial charge is 0.256 e. The zero-order valence-corrected chi connectivity index (χ0v) is 12.6. The number of rotatable bonds is 4. The number of piperidine rings is 1. The average Bonchev–Trinajstić information content (AvgIpc) is 2.47. The van der Waals surface area contributed by atoms with Crippen LogP contribution in [0.5, 0.6) is 0 Å². The molecule has 1 saturated heterocycles. The van der Waals surface area contributed by atoms with E-state index < -0.39 is 0 Å². The molecule has 1 aromatic rings. The minimum absolute atomic E-state index is 0.111. The molecule has 5 heteroatoms. The van der Waals surface area contributed by atoms with E-state index in [4.69, 9.17) is 0 Å². The van der Waals surface area contributed by atoms with Crippen molar-refractivity contribution in [1.29, 1.82) is 0 Å². The van der Waals surface area contributed by atoms with Gasteiger partial charge in [-0.3, -0.25) is 4.79 Å². The zero-order valence-electron chi connectivity index (χ0n) is 12.6. The van der Waals surface area contributed by atoms with Gasteiger partial charge in [-0.15, -0.1) is 0 Å². The lowest BCUT2D eigenvalue weighted by molar-refractivity contribution is 0.0613. The van der Waals surface area contributed by atoms with Crippen LogP contribution >= 0.6 is 0 Å². The summed E-state index contributed by atoms with van der Waals surface area (Å²) < 4.78 is 0. The minimum atomic E-state index is 0.111. The summed E-state index contributed by atoms with van der Waals surface area (Å²) in [6.07, 6.45) is 4.10. The van der Waals surface area contributed by atoms with Gasteiger partial charge in [-0.25, -0.2) is 0 Å². The number of likely N-dealkylation sites (N-methyl/N-ethyl adjacent to an activating group) is 1. The standard InChI is InChI=1S/C15H24N4O/c1-4-14-13(9-11(2)17-18-14)15(20)19-8-6-5-7-12(19)10-16-3/h9,12,16H,4-8,10H2,1-3H3. The lowest BCUT2D eigenvalue weighted by Gasteiger charge is -2.36. The molecule has 1 amide bonds. The van der Waals surface area contributed by atoms with E-state index in [1.807, 2.05) is 31.9 Å². The summed E-state index contributed by atoms with van der Waals surface area (Å²) in [5.41, 5.74) is 2.32. The van der Waals surface area contributed by atoms with Crippen LogP contribution in [0.15, 0.2) is 6.07 Å². The molecule has 2 rings (SSSR count). The Labute approximate surface area is 120 Å². The molecule has 1 aliphatic heterocycles. The normalized spacial score (nSPS) is 19.1. The van der Waals surface area contributed by atoms with Gasteiger partial charge in [0, 0.05) is 19.1 Å². The van der Waals surface area contributed by atoms with Crippen molar-refractivity contribution in [1.82, 2.24) is 20.4 Å². The van der Waals surface area contributed by atoms with Crippen molar-refractivity contribution in [2.24, 2.45) is 0 Å². The highest BCUT2D eigenvalue weighted by Gasteiger charge is 2.28. The first kappa shape index (κ1) is 14.9. The van der Waals surface area contributed by atoms with E-state index in [2.05, 4.69) is 15.5 Å². The van der Waals surface area contributed by atoms with Crippen LogP contribution in [-0.4, -0.2) is 47.2 Å². The van der Waals surface area contributed by atoms with Crippen molar-refractivity contribution < 1.29 is 4.79 Å². The van der Waals surface area contributed by atoms with Gasteiger partial charge in [-0.05, 0) is 45.7 Å². The predicted molar refractivity (Wildman–Crippen MR) is 78.7 cm³/mol. The number of hydrogen-bond donors (Lipinski definition) is 1. The highest BCUT2D eigenvalue weighted by atomic mass is 16.2. The van der Waals surface area contributed by atoms with Crippen LogP contribution in [0.25, 0.3) is 0 Å². The second-order valence-electron chi connectivity index (χ2n) is 5.41. The van der Waals surface area contributed by atoms with Gasteiger partial charge in [0.2, 0.25) is 0 Å². The average molecular weight is 276 g/mol. The van der Waals surface area contributed by atoms with Crippen LogP contribution in [0.3, 0.4) is 0 Å². The van der Waals surface area contributed by atoms with E-state index >= 15 is 0 Å². The largest absolute Gasteiger partial charge is 0.334 e. The molecule has 2 heterocycles. The van der Waals surface area contributed by atoms with Crippen molar-refractivity contribution >= 4 is 5.91 Å². The molecule has 0 radical (unpaired) electrons. The fourth-order valence-corrected chi connectivity index (χ4v) is 2.83. The summed E-state index contributed by atoms with van der Waals surface area (Å²) >= 11 is 0. The molecule has 0 bridgehead atoms. The molecule has 1 aromatic heterocycles. The van der Waals surface area contributed by atoms with Crippen molar-refractivity contribution in [2.45, 2.75) is 45.6 Å². The van der Waals surface area contributed by atoms with Gasteiger partial charge in [0.15, 0.2) is 0 Å². The Morgan fingerprint density at radius 3 is 2.95 bits per heavy atom.